The third kappa shape index (κ3) is 3.52. The van der Waals surface area contributed by atoms with E-state index in [0.717, 1.165) is 61.0 Å². The Morgan fingerprint density at radius 1 is 1.08 bits per heavy atom. The molecule has 0 aliphatic carbocycles. The van der Waals surface area contributed by atoms with Crippen LogP contribution in [-0.2, 0) is 4.74 Å². The molecule has 25 heavy (non-hydrogen) atoms. The molecule has 2 N–H and O–H groups in total. The first kappa shape index (κ1) is 16.1. The number of quaternary nitrogens is 1. The van der Waals surface area contributed by atoms with Crippen molar-refractivity contribution in [3.63, 3.8) is 0 Å². The van der Waals surface area contributed by atoms with Crippen LogP contribution in [0.3, 0.4) is 0 Å². The molecule has 1 fully saturated rings. The van der Waals surface area contributed by atoms with Gasteiger partial charge in [0.05, 0.1) is 19.8 Å². The van der Waals surface area contributed by atoms with Gasteiger partial charge in [-0.1, -0.05) is 30.3 Å². The highest BCUT2D eigenvalue weighted by atomic mass is 16.5. The Labute approximate surface area is 146 Å². The maximum absolute atomic E-state index is 12.4. The molecule has 5 heteroatoms. The van der Waals surface area contributed by atoms with Crippen LogP contribution < -0.4 is 10.2 Å². The third-order valence-corrected chi connectivity index (χ3v) is 4.84. The summed E-state index contributed by atoms with van der Waals surface area (Å²) in [6, 6.07) is 13.9. The molecule has 0 radical (unpaired) electrons. The van der Waals surface area contributed by atoms with E-state index < -0.39 is 0 Å². The van der Waals surface area contributed by atoms with Crippen LogP contribution in [0.5, 0.6) is 0 Å². The molecule has 1 saturated heterocycles. The van der Waals surface area contributed by atoms with Gasteiger partial charge in [0, 0.05) is 18.4 Å². The van der Waals surface area contributed by atoms with E-state index in [-0.39, 0.29) is 5.91 Å². The summed E-state index contributed by atoms with van der Waals surface area (Å²) >= 11 is 0. The second-order valence-corrected chi connectivity index (χ2v) is 6.53. The van der Waals surface area contributed by atoms with Gasteiger partial charge in [0.25, 0.3) is 5.91 Å². The van der Waals surface area contributed by atoms with Crippen LogP contribution in [0.25, 0.3) is 21.7 Å². The van der Waals surface area contributed by atoms with E-state index in [0.29, 0.717) is 12.3 Å². The summed E-state index contributed by atoms with van der Waals surface area (Å²) in [5, 5.41) is 6.22. The summed E-state index contributed by atoms with van der Waals surface area (Å²) in [6.07, 6.45) is 0.963. The minimum Gasteiger partial charge on any atom is -0.451 e. The van der Waals surface area contributed by atoms with E-state index in [1.807, 2.05) is 30.3 Å². The summed E-state index contributed by atoms with van der Waals surface area (Å²) in [5.41, 5.74) is 0.751. The fourth-order valence-electron chi connectivity index (χ4n) is 3.44. The molecule has 0 saturated carbocycles. The maximum Gasteiger partial charge on any atom is 0.287 e. The van der Waals surface area contributed by atoms with Crippen molar-refractivity contribution in [3.8, 4) is 0 Å². The topological polar surface area (TPSA) is 55.9 Å². The molecule has 0 spiro atoms. The van der Waals surface area contributed by atoms with Crippen molar-refractivity contribution >= 4 is 27.6 Å². The molecule has 0 bridgehead atoms. The van der Waals surface area contributed by atoms with Crippen molar-refractivity contribution in [2.24, 2.45) is 0 Å². The van der Waals surface area contributed by atoms with Crippen LogP contribution in [0.4, 0.5) is 0 Å². The van der Waals surface area contributed by atoms with E-state index in [2.05, 4.69) is 17.4 Å². The lowest BCUT2D eigenvalue weighted by molar-refractivity contribution is -0.908. The minimum absolute atomic E-state index is 0.141. The molecule has 1 aromatic heterocycles. The molecule has 1 aliphatic rings. The lowest BCUT2D eigenvalue weighted by atomic mass is 10.1. The second kappa shape index (κ2) is 7.25. The van der Waals surface area contributed by atoms with Crippen molar-refractivity contribution in [1.29, 1.82) is 0 Å². The number of amides is 1. The third-order valence-electron chi connectivity index (χ3n) is 4.84. The SMILES string of the molecule is O=C(NCCC[NH+]1CCOCC1)c1cc2c(ccc3ccccc32)o1. The Balaban J connectivity index is 1.39. The number of furan rings is 1. The van der Waals surface area contributed by atoms with Crippen LogP contribution in [0, 0.1) is 0 Å². The van der Waals surface area contributed by atoms with Crippen LogP contribution in [0.1, 0.15) is 17.0 Å². The number of hydrogen-bond donors (Lipinski definition) is 2. The smallest absolute Gasteiger partial charge is 0.287 e. The van der Waals surface area contributed by atoms with Gasteiger partial charge in [0.1, 0.15) is 18.7 Å². The van der Waals surface area contributed by atoms with Crippen molar-refractivity contribution in [1.82, 2.24) is 5.32 Å². The molecule has 0 atom stereocenters. The number of hydrogen-bond acceptors (Lipinski definition) is 3. The Hall–Kier alpha value is -2.37. The van der Waals surface area contributed by atoms with Gasteiger partial charge in [-0.3, -0.25) is 4.79 Å². The van der Waals surface area contributed by atoms with E-state index >= 15 is 0 Å². The Bertz CT molecular complexity index is 881. The average Bonchev–Trinajstić information content (AvgIpc) is 3.11. The average molecular weight is 339 g/mol. The predicted octanol–water partition coefficient (Wildman–Crippen LogP) is 1.62. The van der Waals surface area contributed by atoms with Crippen LogP contribution in [0.2, 0.25) is 0 Å². The zero-order valence-electron chi connectivity index (χ0n) is 14.2. The molecule has 1 aliphatic heterocycles. The highest BCUT2D eigenvalue weighted by Gasteiger charge is 2.15. The predicted molar refractivity (Wildman–Crippen MR) is 97.1 cm³/mol. The Kier molecular flexibility index (Phi) is 4.68. The van der Waals surface area contributed by atoms with Crippen molar-refractivity contribution < 1.29 is 18.8 Å². The quantitative estimate of drug-likeness (QED) is 0.695. The number of benzene rings is 2. The van der Waals surface area contributed by atoms with E-state index in [4.69, 9.17) is 9.15 Å². The summed E-state index contributed by atoms with van der Waals surface area (Å²) in [7, 11) is 0. The van der Waals surface area contributed by atoms with Crippen LogP contribution in [-0.4, -0.2) is 45.3 Å². The standard InChI is InChI=1S/C20H22N2O3/c23-20(21-8-3-9-22-10-12-24-13-11-22)19-14-17-16-5-2-1-4-15(16)6-7-18(17)25-19/h1-2,4-7,14H,3,8-13H2,(H,21,23)/p+1. The highest BCUT2D eigenvalue weighted by molar-refractivity contribution is 6.08. The maximum atomic E-state index is 12.4. The Morgan fingerprint density at radius 2 is 1.92 bits per heavy atom. The number of nitrogens with one attached hydrogen (secondary N) is 2. The van der Waals surface area contributed by atoms with Gasteiger partial charge in [-0.15, -0.1) is 0 Å². The van der Waals surface area contributed by atoms with Crippen LogP contribution >= 0.6 is 0 Å². The molecule has 0 unspecified atom stereocenters. The number of morpholine rings is 1. The highest BCUT2D eigenvalue weighted by Crippen LogP contribution is 2.28. The minimum atomic E-state index is -0.141. The molecule has 130 valence electrons. The zero-order chi connectivity index (χ0) is 17.1. The van der Waals surface area contributed by atoms with E-state index in [1.54, 1.807) is 4.90 Å². The summed E-state index contributed by atoms with van der Waals surface area (Å²) in [4.78, 5) is 13.9. The van der Waals surface area contributed by atoms with Crippen molar-refractivity contribution in [3.05, 3.63) is 48.2 Å². The number of fused-ring (bicyclic) bond motifs is 3. The normalized spacial score (nSPS) is 15.7. The lowest BCUT2D eigenvalue weighted by Gasteiger charge is -2.23. The van der Waals surface area contributed by atoms with Crippen LogP contribution in [0.15, 0.2) is 46.9 Å². The largest absolute Gasteiger partial charge is 0.451 e. The summed E-state index contributed by atoms with van der Waals surface area (Å²) in [5.74, 6) is 0.238. The fraction of sp³-hybridized carbons (Fsp3) is 0.350. The van der Waals surface area contributed by atoms with Crippen molar-refractivity contribution in [2.75, 3.05) is 39.4 Å². The molecule has 5 nitrogen and oxygen atoms in total. The number of rotatable bonds is 5. The monoisotopic (exact) mass is 339 g/mol. The van der Waals surface area contributed by atoms with Gasteiger partial charge >= 0.3 is 0 Å². The number of ether oxygens (including phenoxy) is 1. The van der Waals surface area contributed by atoms with Gasteiger partial charge in [-0.05, 0) is 22.9 Å². The van der Waals surface area contributed by atoms with Gasteiger partial charge in [0.2, 0.25) is 0 Å². The lowest BCUT2D eigenvalue weighted by Crippen LogP contribution is -3.14. The zero-order valence-corrected chi connectivity index (χ0v) is 14.2. The second-order valence-electron chi connectivity index (χ2n) is 6.53. The van der Waals surface area contributed by atoms with Gasteiger partial charge < -0.3 is 19.4 Å². The fourth-order valence-corrected chi connectivity index (χ4v) is 3.44. The molecule has 4 rings (SSSR count). The molecular formula is C20H23N2O3+. The first-order chi connectivity index (χ1) is 12.3. The molecule has 3 aromatic rings. The van der Waals surface area contributed by atoms with Crippen molar-refractivity contribution in [2.45, 2.75) is 6.42 Å². The molecule has 1 amide bonds. The molecular weight excluding hydrogens is 316 g/mol. The summed E-state index contributed by atoms with van der Waals surface area (Å²) < 4.78 is 11.1. The molecule has 2 aromatic carbocycles. The van der Waals surface area contributed by atoms with Gasteiger partial charge in [0.15, 0.2) is 5.76 Å². The van der Waals surface area contributed by atoms with Gasteiger partial charge in [-0.2, -0.15) is 0 Å². The van der Waals surface area contributed by atoms with Gasteiger partial charge in [-0.25, -0.2) is 0 Å². The number of carbonyl (C=O) groups excluding carboxylic acids is 1. The number of carbonyl (C=O) groups is 1. The Morgan fingerprint density at radius 3 is 2.80 bits per heavy atom. The first-order valence-corrected chi connectivity index (χ1v) is 8.92. The summed E-state index contributed by atoms with van der Waals surface area (Å²) in [6.45, 7) is 5.54. The van der Waals surface area contributed by atoms with E-state index in [9.17, 15) is 4.79 Å². The molecule has 2 heterocycles. The van der Waals surface area contributed by atoms with E-state index in [1.165, 1.54) is 0 Å². The first-order valence-electron chi connectivity index (χ1n) is 8.92.